The van der Waals surface area contributed by atoms with Gasteiger partial charge < -0.3 is 0 Å². The zero-order chi connectivity index (χ0) is 9.80. The number of rotatable bonds is 2. The van der Waals surface area contributed by atoms with Crippen molar-refractivity contribution >= 4 is 22.6 Å². The molecule has 0 saturated carbocycles. The fourth-order valence-electron chi connectivity index (χ4n) is 1.97. The van der Waals surface area contributed by atoms with Crippen molar-refractivity contribution in [3.63, 3.8) is 0 Å². The Morgan fingerprint density at radius 3 is 2.29 bits per heavy atom. The normalized spacial score (nSPS) is 18.4. The number of piperidine rings is 1. The van der Waals surface area contributed by atoms with E-state index in [1.807, 2.05) is 0 Å². The molecule has 0 spiro atoms. The van der Waals surface area contributed by atoms with Gasteiger partial charge in [-0.05, 0) is 66.2 Å². The molecule has 1 aliphatic heterocycles. The first-order chi connectivity index (χ1) is 6.84. The number of hydrogen-bond donors (Lipinski definition) is 0. The van der Waals surface area contributed by atoms with Gasteiger partial charge in [0.2, 0.25) is 0 Å². The Morgan fingerprint density at radius 2 is 1.64 bits per heavy atom. The summed E-state index contributed by atoms with van der Waals surface area (Å²) in [4.78, 5) is 2.56. The van der Waals surface area contributed by atoms with Crippen LogP contribution in [-0.2, 0) is 6.54 Å². The molecule has 1 heterocycles. The van der Waals surface area contributed by atoms with E-state index in [9.17, 15) is 0 Å². The van der Waals surface area contributed by atoms with Crippen LogP contribution >= 0.6 is 22.6 Å². The summed E-state index contributed by atoms with van der Waals surface area (Å²) in [5.74, 6) is 0. The van der Waals surface area contributed by atoms with Gasteiger partial charge in [-0.1, -0.05) is 18.6 Å². The topological polar surface area (TPSA) is 3.24 Å². The molecular formula is C12H16IN. The second-order valence-electron chi connectivity index (χ2n) is 3.96. The standard InChI is InChI=1S/C12H16IN/c13-12-6-4-11(5-7-12)10-14-8-2-1-3-9-14/h4-7H,1-3,8-10H2. The molecule has 1 nitrogen and oxygen atoms in total. The fourth-order valence-corrected chi connectivity index (χ4v) is 2.33. The monoisotopic (exact) mass is 301 g/mol. The lowest BCUT2D eigenvalue weighted by Crippen LogP contribution is -2.29. The third-order valence-electron chi connectivity index (χ3n) is 2.77. The SMILES string of the molecule is Ic1ccc(CN2CCCCC2)cc1. The third kappa shape index (κ3) is 2.95. The van der Waals surface area contributed by atoms with Gasteiger partial charge >= 0.3 is 0 Å². The number of hydrogen-bond acceptors (Lipinski definition) is 1. The number of halogens is 1. The van der Waals surface area contributed by atoms with Gasteiger partial charge in [0.05, 0.1) is 0 Å². The van der Waals surface area contributed by atoms with Gasteiger partial charge in [-0.2, -0.15) is 0 Å². The average molecular weight is 301 g/mol. The summed E-state index contributed by atoms with van der Waals surface area (Å²) in [5, 5.41) is 0. The molecule has 1 aliphatic rings. The fraction of sp³-hybridized carbons (Fsp3) is 0.500. The van der Waals surface area contributed by atoms with Crippen molar-refractivity contribution in [2.24, 2.45) is 0 Å². The van der Waals surface area contributed by atoms with Crippen LogP contribution in [-0.4, -0.2) is 18.0 Å². The van der Waals surface area contributed by atoms with E-state index in [1.54, 1.807) is 0 Å². The van der Waals surface area contributed by atoms with Gasteiger partial charge in [-0.3, -0.25) is 4.90 Å². The van der Waals surface area contributed by atoms with Crippen LogP contribution in [0.1, 0.15) is 24.8 Å². The molecule has 2 heteroatoms. The predicted octanol–water partition coefficient (Wildman–Crippen LogP) is 3.28. The van der Waals surface area contributed by atoms with Crippen LogP contribution in [0.2, 0.25) is 0 Å². The molecule has 0 aliphatic carbocycles. The molecule has 1 saturated heterocycles. The molecule has 1 fully saturated rings. The maximum Gasteiger partial charge on any atom is 0.0233 e. The highest BCUT2D eigenvalue weighted by atomic mass is 127. The molecule has 14 heavy (non-hydrogen) atoms. The minimum atomic E-state index is 1.14. The Kier molecular flexibility index (Phi) is 3.81. The molecule has 2 rings (SSSR count). The van der Waals surface area contributed by atoms with E-state index in [0.717, 1.165) is 6.54 Å². The molecule has 76 valence electrons. The van der Waals surface area contributed by atoms with Crippen LogP contribution in [0.5, 0.6) is 0 Å². The summed E-state index contributed by atoms with van der Waals surface area (Å²) in [5.41, 5.74) is 1.45. The maximum atomic E-state index is 2.56. The molecule has 0 radical (unpaired) electrons. The summed E-state index contributed by atoms with van der Waals surface area (Å²) < 4.78 is 1.32. The molecule has 0 unspecified atom stereocenters. The minimum absolute atomic E-state index is 1.14. The van der Waals surface area contributed by atoms with Gasteiger partial charge in [0.1, 0.15) is 0 Å². The van der Waals surface area contributed by atoms with Crippen molar-refractivity contribution in [1.82, 2.24) is 4.90 Å². The summed E-state index contributed by atoms with van der Waals surface area (Å²) in [6, 6.07) is 8.88. The van der Waals surface area contributed by atoms with Crippen molar-refractivity contribution in [1.29, 1.82) is 0 Å². The molecule has 1 aromatic rings. The van der Waals surface area contributed by atoms with Crippen molar-refractivity contribution in [2.45, 2.75) is 25.8 Å². The second-order valence-corrected chi connectivity index (χ2v) is 5.21. The number of nitrogens with zero attached hydrogens (tertiary/aromatic N) is 1. The van der Waals surface area contributed by atoms with Crippen molar-refractivity contribution in [2.75, 3.05) is 13.1 Å². The van der Waals surface area contributed by atoms with Gasteiger partial charge in [0, 0.05) is 10.1 Å². The highest BCUT2D eigenvalue weighted by molar-refractivity contribution is 14.1. The summed E-state index contributed by atoms with van der Waals surface area (Å²) in [7, 11) is 0. The van der Waals surface area contributed by atoms with Crippen molar-refractivity contribution in [3.8, 4) is 0 Å². The van der Waals surface area contributed by atoms with Crippen LogP contribution in [0.4, 0.5) is 0 Å². The van der Waals surface area contributed by atoms with E-state index < -0.39 is 0 Å². The molecule has 0 amide bonds. The zero-order valence-electron chi connectivity index (χ0n) is 8.38. The van der Waals surface area contributed by atoms with E-state index in [1.165, 1.54) is 41.5 Å². The maximum absolute atomic E-state index is 2.56. The lowest BCUT2D eigenvalue weighted by Gasteiger charge is -2.26. The summed E-state index contributed by atoms with van der Waals surface area (Å²) in [6.07, 6.45) is 4.18. The first-order valence-electron chi connectivity index (χ1n) is 5.31. The molecule has 1 aromatic carbocycles. The first kappa shape index (κ1) is 10.4. The largest absolute Gasteiger partial charge is 0.299 e. The van der Waals surface area contributed by atoms with Crippen LogP contribution in [0.3, 0.4) is 0 Å². The lowest BCUT2D eigenvalue weighted by atomic mass is 10.1. The van der Waals surface area contributed by atoms with Crippen molar-refractivity contribution in [3.05, 3.63) is 33.4 Å². The Balaban J connectivity index is 1.92. The van der Waals surface area contributed by atoms with E-state index in [0.29, 0.717) is 0 Å². The van der Waals surface area contributed by atoms with Gasteiger partial charge in [-0.25, -0.2) is 0 Å². The van der Waals surface area contributed by atoms with Gasteiger partial charge in [0.15, 0.2) is 0 Å². The second kappa shape index (κ2) is 5.12. The Bertz CT molecular complexity index is 275. The smallest absolute Gasteiger partial charge is 0.0233 e. The Morgan fingerprint density at radius 1 is 1.00 bits per heavy atom. The molecule has 0 atom stereocenters. The average Bonchev–Trinajstić information content (AvgIpc) is 2.23. The lowest BCUT2D eigenvalue weighted by molar-refractivity contribution is 0.221. The molecular weight excluding hydrogens is 285 g/mol. The van der Waals surface area contributed by atoms with Crippen molar-refractivity contribution < 1.29 is 0 Å². The van der Waals surface area contributed by atoms with E-state index in [2.05, 4.69) is 51.8 Å². The van der Waals surface area contributed by atoms with Crippen LogP contribution in [0.25, 0.3) is 0 Å². The zero-order valence-corrected chi connectivity index (χ0v) is 10.5. The molecule has 0 aromatic heterocycles. The molecule has 0 N–H and O–H groups in total. The van der Waals surface area contributed by atoms with Crippen LogP contribution in [0.15, 0.2) is 24.3 Å². The number of benzene rings is 1. The first-order valence-corrected chi connectivity index (χ1v) is 6.39. The predicted molar refractivity (Wildman–Crippen MR) is 68.3 cm³/mol. The summed E-state index contributed by atoms with van der Waals surface area (Å²) in [6.45, 7) is 3.70. The molecule has 0 bridgehead atoms. The van der Waals surface area contributed by atoms with E-state index >= 15 is 0 Å². The Hall–Kier alpha value is -0.0900. The third-order valence-corrected chi connectivity index (χ3v) is 3.49. The Labute approximate surface area is 99.6 Å². The highest BCUT2D eigenvalue weighted by Crippen LogP contribution is 2.13. The van der Waals surface area contributed by atoms with E-state index in [4.69, 9.17) is 0 Å². The number of likely N-dealkylation sites (tertiary alicyclic amines) is 1. The quantitative estimate of drug-likeness (QED) is 0.758. The van der Waals surface area contributed by atoms with Gasteiger partial charge in [-0.15, -0.1) is 0 Å². The van der Waals surface area contributed by atoms with Gasteiger partial charge in [0.25, 0.3) is 0 Å². The van der Waals surface area contributed by atoms with Crippen LogP contribution in [0, 0.1) is 3.57 Å². The highest BCUT2D eigenvalue weighted by Gasteiger charge is 2.09. The minimum Gasteiger partial charge on any atom is -0.299 e. The van der Waals surface area contributed by atoms with Crippen LogP contribution < -0.4 is 0 Å². The summed E-state index contributed by atoms with van der Waals surface area (Å²) >= 11 is 2.35. The van der Waals surface area contributed by atoms with E-state index in [-0.39, 0.29) is 0 Å².